The van der Waals surface area contributed by atoms with Crippen LogP contribution in [0.3, 0.4) is 0 Å². The molecule has 2 aromatic rings. The summed E-state index contributed by atoms with van der Waals surface area (Å²) in [4.78, 5) is 4.12. The van der Waals surface area contributed by atoms with Crippen LogP contribution in [0.25, 0.3) is 0 Å². The average molecular weight is 266 g/mol. The van der Waals surface area contributed by atoms with Crippen molar-refractivity contribution < 1.29 is 17.7 Å². The Bertz CT molecular complexity index is 572. The number of hydrogen-bond acceptors (Lipinski definition) is 2. The molecular formula is C13H12BF3NO-. The lowest BCUT2D eigenvalue weighted by Gasteiger charge is -2.16. The Morgan fingerprint density at radius 3 is 2.63 bits per heavy atom. The molecule has 0 N–H and O–H groups in total. The monoisotopic (exact) mass is 266 g/mol. The first-order chi connectivity index (χ1) is 8.97. The number of rotatable bonds is 4. The summed E-state index contributed by atoms with van der Waals surface area (Å²) in [5.41, 5.74) is 0.999. The summed E-state index contributed by atoms with van der Waals surface area (Å²) >= 11 is 0. The number of pyridine rings is 1. The van der Waals surface area contributed by atoms with Gasteiger partial charge in [0.25, 0.3) is 0 Å². The SMILES string of the molecule is Cc1cccnc1COc1cccc([B-](F)(F)F)c1. The second kappa shape index (κ2) is 5.34. The van der Waals surface area contributed by atoms with Gasteiger partial charge in [0.2, 0.25) is 0 Å². The van der Waals surface area contributed by atoms with Gasteiger partial charge in [-0.15, -0.1) is 5.46 Å². The second-order valence-electron chi connectivity index (χ2n) is 4.20. The Balaban J connectivity index is 2.10. The molecule has 0 spiro atoms. The smallest absolute Gasteiger partial charge is 0.487 e. The molecule has 0 atom stereocenters. The fourth-order valence-corrected chi connectivity index (χ4v) is 1.63. The van der Waals surface area contributed by atoms with E-state index in [1.54, 1.807) is 12.3 Å². The van der Waals surface area contributed by atoms with Crippen LogP contribution in [0.15, 0.2) is 42.6 Å². The molecule has 6 heteroatoms. The Morgan fingerprint density at radius 2 is 1.95 bits per heavy atom. The van der Waals surface area contributed by atoms with E-state index >= 15 is 0 Å². The van der Waals surface area contributed by atoms with Crippen LogP contribution in [-0.4, -0.2) is 12.0 Å². The van der Waals surface area contributed by atoms with Gasteiger partial charge in [-0.3, -0.25) is 4.98 Å². The summed E-state index contributed by atoms with van der Waals surface area (Å²) in [6.45, 7) is -2.97. The largest absolute Gasteiger partial charge is 0.509 e. The van der Waals surface area contributed by atoms with E-state index in [-0.39, 0.29) is 12.4 Å². The van der Waals surface area contributed by atoms with Gasteiger partial charge in [-0.25, -0.2) is 0 Å². The van der Waals surface area contributed by atoms with Crippen molar-refractivity contribution in [2.45, 2.75) is 13.5 Å². The fraction of sp³-hybridized carbons (Fsp3) is 0.154. The number of benzene rings is 1. The van der Waals surface area contributed by atoms with Gasteiger partial charge in [0.15, 0.2) is 0 Å². The van der Waals surface area contributed by atoms with Crippen LogP contribution in [-0.2, 0) is 6.61 Å². The highest BCUT2D eigenvalue weighted by Crippen LogP contribution is 2.16. The van der Waals surface area contributed by atoms with Crippen molar-refractivity contribution in [3.8, 4) is 5.75 Å². The van der Waals surface area contributed by atoms with Gasteiger partial charge < -0.3 is 17.7 Å². The van der Waals surface area contributed by atoms with Crippen molar-refractivity contribution in [2.24, 2.45) is 0 Å². The number of halogens is 3. The Labute approximate surface area is 109 Å². The predicted octanol–water partition coefficient (Wildman–Crippen LogP) is 3.02. The number of nitrogens with zero attached hydrogens (tertiary/aromatic N) is 1. The van der Waals surface area contributed by atoms with Crippen LogP contribution in [0.5, 0.6) is 5.75 Å². The lowest BCUT2D eigenvalue weighted by atomic mass is 9.80. The maximum absolute atomic E-state index is 12.6. The molecule has 0 fully saturated rings. The lowest BCUT2D eigenvalue weighted by Crippen LogP contribution is -2.33. The Kier molecular flexibility index (Phi) is 3.78. The third-order valence-corrected chi connectivity index (χ3v) is 2.73. The molecule has 0 bridgehead atoms. The van der Waals surface area contributed by atoms with E-state index in [4.69, 9.17) is 4.74 Å². The van der Waals surface area contributed by atoms with Gasteiger partial charge >= 0.3 is 6.98 Å². The first-order valence-corrected chi connectivity index (χ1v) is 5.80. The molecular weight excluding hydrogens is 254 g/mol. The lowest BCUT2D eigenvalue weighted by molar-refractivity contribution is 0.300. The minimum Gasteiger partial charge on any atom is -0.487 e. The Hall–Kier alpha value is -1.98. The van der Waals surface area contributed by atoms with E-state index in [2.05, 4.69) is 4.98 Å². The van der Waals surface area contributed by atoms with E-state index in [0.29, 0.717) is 5.69 Å². The molecule has 2 nitrogen and oxygen atoms in total. The second-order valence-corrected chi connectivity index (χ2v) is 4.20. The summed E-state index contributed by atoms with van der Waals surface area (Å²) in [5.74, 6) is 0.196. The van der Waals surface area contributed by atoms with Gasteiger partial charge in [0.05, 0.1) is 5.69 Å². The van der Waals surface area contributed by atoms with Crippen molar-refractivity contribution in [3.05, 3.63) is 53.9 Å². The van der Waals surface area contributed by atoms with Crippen LogP contribution < -0.4 is 10.2 Å². The summed E-state index contributed by atoms with van der Waals surface area (Å²) in [7, 11) is 0. The highest BCUT2D eigenvalue weighted by molar-refractivity contribution is 6.73. The summed E-state index contributed by atoms with van der Waals surface area (Å²) in [5, 5.41) is 0. The minimum absolute atomic E-state index is 0.154. The molecule has 0 saturated heterocycles. The van der Waals surface area contributed by atoms with Crippen LogP contribution >= 0.6 is 0 Å². The van der Waals surface area contributed by atoms with E-state index in [9.17, 15) is 12.9 Å². The molecule has 0 aliphatic rings. The van der Waals surface area contributed by atoms with E-state index < -0.39 is 12.4 Å². The first-order valence-electron chi connectivity index (χ1n) is 5.80. The number of aromatic nitrogens is 1. The van der Waals surface area contributed by atoms with Gasteiger partial charge in [0.1, 0.15) is 12.4 Å². The van der Waals surface area contributed by atoms with Crippen molar-refractivity contribution in [3.63, 3.8) is 0 Å². The van der Waals surface area contributed by atoms with E-state index in [0.717, 1.165) is 17.7 Å². The molecule has 19 heavy (non-hydrogen) atoms. The van der Waals surface area contributed by atoms with Gasteiger partial charge in [-0.2, -0.15) is 0 Å². The maximum Gasteiger partial charge on any atom is 0.509 e. The third-order valence-electron chi connectivity index (χ3n) is 2.73. The van der Waals surface area contributed by atoms with E-state index in [1.807, 2.05) is 13.0 Å². The summed E-state index contributed by atoms with van der Waals surface area (Å²) in [6.07, 6.45) is 1.63. The quantitative estimate of drug-likeness (QED) is 0.793. The van der Waals surface area contributed by atoms with Crippen LogP contribution in [0, 0.1) is 6.92 Å². The van der Waals surface area contributed by atoms with Crippen LogP contribution in [0.4, 0.5) is 12.9 Å². The molecule has 0 radical (unpaired) electrons. The molecule has 1 heterocycles. The zero-order valence-corrected chi connectivity index (χ0v) is 10.3. The molecule has 100 valence electrons. The highest BCUT2D eigenvalue weighted by atomic mass is 19.4. The molecule has 0 unspecified atom stereocenters. The molecule has 2 rings (SSSR count). The van der Waals surface area contributed by atoms with Crippen molar-refractivity contribution in [2.75, 3.05) is 0 Å². The van der Waals surface area contributed by atoms with Crippen LogP contribution in [0.2, 0.25) is 0 Å². The minimum atomic E-state index is -5.00. The van der Waals surface area contributed by atoms with Crippen LogP contribution in [0.1, 0.15) is 11.3 Å². The zero-order valence-electron chi connectivity index (χ0n) is 10.3. The molecule has 0 amide bonds. The van der Waals surface area contributed by atoms with Gasteiger partial charge in [-0.05, 0) is 30.7 Å². The highest BCUT2D eigenvalue weighted by Gasteiger charge is 2.25. The summed E-state index contributed by atoms with van der Waals surface area (Å²) in [6, 6.07) is 8.57. The topological polar surface area (TPSA) is 22.1 Å². The Morgan fingerprint density at radius 1 is 1.16 bits per heavy atom. The van der Waals surface area contributed by atoms with Crippen molar-refractivity contribution in [1.82, 2.24) is 4.98 Å². The number of aryl methyl sites for hydroxylation is 1. The van der Waals surface area contributed by atoms with Gasteiger partial charge in [0, 0.05) is 6.20 Å². The standard InChI is InChI=1S/C13H12BF3NO/c1-10-4-3-7-18-13(10)9-19-12-6-2-5-11(8-12)14(15,16)17/h2-8H,9H2,1H3/q-1. The maximum atomic E-state index is 12.6. The predicted molar refractivity (Wildman–Crippen MR) is 68.5 cm³/mol. The normalized spacial score (nSPS) is 11.4. The van der Waals surface area contributed by atoms with Gasteiger partial charge in [-0.1, -0.05) is 18.2 Å². The molecule has 0 aliphatic carbocycles. The number of ether oxygens (including phenoxy) is 1. The molecule has 0 saturated carbocycles. The molecule has 1 aromatic carbocycles. The summed E-state index contributed by atoms with van der Waals surface area (Å²) < 4.78 is 43.1. The first kappa shape index (κ1) is 13.5. The average Bonchev–Trinajstić information content (AvgIpc) is 2.37. The molecule has 1 aromatic heterocycles. The number of hydrogen-bond donors (Lipinski definition) is 0. The zero-order chi connectivity index (χ0) is 13.9. The van der Waals surface area contributed by atoms with Crippen molar-refractivity contribution >= 4 is 12.4 Å². The fourth-order valence-electron chi connectivity index (χ4n) is 1.63. The van der Waals surface area contributed by atoms with Crippen molar-refractivity contribution in [1.29, 1.82) is 0 Å². The molecule has 0 aliphatic heterocycles. The van der Waals surface area contributed by atoms with E-state index in [1.165, 1.54) is 12.1 Å². The third kappa shape index (κ3) is 3.50.